The van der Waals surface area contributed by atoms with E-state index in [1.54, 1.807) is 0 Å². The van der Waals surface area contributed by atoms with E-state index in [2.05, 4.69) is 34.8 Å². The molecule has 0 aromatic carbocycles. The lowest BCUT2D eigenvalue weighted by Gasteiger charge is -1.89. The number of rotatable bonds is 0. The Hall–Kier alpha value is 0.740. The molecule has 0 saturated heterocycles. The van der Waals surface area contributed by atoms with Gasteiger partial charge in [0.25, 0.3) is 10.1 Å². The van der Waals surface area contributed by atoms with Crippen molar-refractivity contribution in [3.8, 4) is 0 Å². The normalized spacial score (nSPS) is 11.8. The number of halogens is 3. The summed E-state index contributed by atoms with van der Waals surface area (Å²) >= 11 is 13.5. The highest BCUT2D eigenvalue weighted by molar-refractivity contribution is 7.84. The van der Waals surface area contributed by atoms with Crippen molar-refractivity contribution >= 4 is 44.9 Å². The van der Waals surface area contributed by atoms with Gasteiger partial charge in [-0.15, -0.1) is 0 Å². The molecule has 0 atom stereocenters. The number of hydrogen-bond acceptors (Lipinski definition) is 2. The Balaban J connectivity index is 0. The van der Waals surface area contributed by atoms with Crippen molar-refractivity contribution < 1.29 is 18.1 Å². The third-order valence-electron chi connectivity index (χ3n) is 0. The summed E-state index contributed by atoms with van der Waals surface area (Å²) < 4.78 is 24.9. The zero-order valence-electron chi connectivity index (χ0n) is 4.68. The van der Waals surface area contributed by atoms with Crippen LogP contribution in [0.25, 0.3) is 0 Å². The Labute approximate surface area is 73.4 Å². The van der Waals surface area contributed by atoms with Crippen LogP contribution in [0.3, 0.4) is 0 Å². The fourth-order valence-corrected chi connectivity index (χ4v) is 0. The van der Waals surface area contributed by atoms with Gasteiger partial charge in [-0.25, -0.2) is 0 Å². The first kappa shape index (κ1) is 13.3. The van der Waals surface area contributed by atoms with Crippen LogP contribution in [0.2, 0.25) is 0 Å². The first-order valence-electron chi connectivity index (χ1n) is 1.68. The third-order valence-corrected chi connectivity index (χ3v) is 0. The monoisotopic (exact) mass is 228 g/mol. The molecule has 0 spiro atoms. The van der Waals surface area contributed by atoms with E-state index in [0.717, 1.165) is 0 Å². The lowest BCUT2D eigenvalue weighted by atomic mass is 11.7. The minimum Gasteiger partial charge on any atom is -0.197 e. The van der Waals surface area contributed by atoms with Gasteiger partial charge in [0.2, 0.25) is 0 Å². The Morgan fingerprint density at radius 2 is 1.20 bits per heavy atom. The van der Waals surface area contributed by atoms with Crippen molar-refractivity contribution in [2.45, 2.75) is 3.98 Å². The molecule has 8 heteroatoms. The van der Waals surface area contributed by atoms with Crippen LogP contribution >= 0.6 is 34.8 Å². The molecular weight excluding hydrogens is 226 g/mol. The summed E-state index contributed by atoms with van der Waals surface area (Å²) in [5.41, 5.74) is 0. The summed E-state index contributed by atoms with van der Waals surface area (Å²) in [7, 11) is -3.92. The van der Waals surface area contributed by atoms with E-state index in [1.807, 2.05) is 0 Å². The van der Waals surface area contributed by atoms with Gasteiger partial charge >= 0.3 is 3.98 Å². The van der Waals surface area contributed by atoms with E-state index in [-0.39, 0.29) is 0 Å². The molecule has 0 aliphatic carbocycles. The maximum Gasteiger partial charge on any atom is 0.326 e. The number of hydrogen-bond donors (Lipinski definition) is 0. The molecule has 0 heterocycles. The molecule has 0 N–H and O–H groups in total. The first-order chi connectivity index (χ1) is 4.00. The molecule has 0 aliphatic heterocycles. The second-order valence-corrected chi connectivity index (χ2v) is 4.74. The van der Waals surface area contributed by atoms with Crippen LogP contribution in [0.4, 0.5) is 0 Å². The first-order valence-corrected chi connectivity index (χ1v) is 4.63. The van der Waals surface area contributed by atoms with Gasteiger partial charge in [0.1, 0.15) is 0 Å². The van der Waals surface area contributed by atoms with Gasteiger partial charge in [-0.2, -0.15) is 13.5 Å². The Morgan fingerprint density at radius 3 is 1.20 bits per heavy atom. The molecular formula is C2H3Cl3O4S. The lowest BCUT2D eigenvalue weighted by molar-refractivity contribution is 0.190. The summed E-state index contributed by atoms with van der Waals surface area (Å²) in [5.74, 6) is 0. The standard InChI is InChI=1S/CCl3O.CH3O3S/c2-1(3,4)5;1-5(2,3)4/h;1H3. The van der Waals surface area contributed by atoms with Crippen LogP contribution in [0, 0.1) is 0 Å². The van der Waals surface area contributed by atoms with Crippen LogP contribution < -0.4 is 0 Å². The predicted molar refractivity (Wildman–Crippen MR) is 36.5 cm³/mol. The molecule has 0 unspecified atom stereocenters. The van der Waals surface area contributed by atoms with E-state index in [4.69, 9.17) is 13.0 Å². The summed E-state index contributed by atoms with van der Waals surface area (Å²) in [6.45, 7) is 0. The fourth-order valence-electron chi connectivity index (χ4n) is 0. The maximum atomic E-state index is 9.40. The van der Waals surface area contributed by atoms with Gasteiger partial charge in [0.05, 0.1) is 6.26 Å². The van der Waals surface area contributed by atoms with Crippen LogP contribution in [0.15, 0.2) is 0 Å². The van der Waals surface area contributed by atoms with Crippen molar-refractivity contribution in [1.29, 1.82) is 0 Å². The quantitative estimate of drug-likeness (QED) is 0.584. The Bertz CT molecular complexity index is 153. The van der Waals surface area contributed by atoms with Gasteiger partial charge in [0, 0.05) is 0 Å². The smallest absolute Gasteiger partial charge is 0.197 e. The summed E-state index contributed by atoms with van der Waals surface area (Å²) in [5, 5.41) is 9.40. The van der Waals surface area contributed by atoms with Crippen molar-refractivity contribution in [2.75, 3.05) is 6.26 Å². The van der Waals surface area contributed by atoms with Gasteiger partial charge in [-0.05, 0) is 0 Å². The Kier molecular flexibility index (Phi) is 6.11. The summed E-state index contributed by atoms with van der Waals surface area (Å²) in [6.07, 6.45) is 0.604. The molecule has 62 valence electrons. The van der Waals surface area contributed by atoms with E-state index >= 15 is 0 Å². The molecule has 0 bridgehead atoms. The minimum absolute atomic E-state index is 0.604. The molecule has 0 aliphatic rings. The van der Waals surface area contributed by atoms with Crippen LogP contribution in [-0.2, 0) is 19.8 Å². The van der Waals surface area contributed by atoms with Gasteiger partial charge < -0.3 is 0 Å². The van der Waals surface area contributed by atoms with E-state index in [0.29, 0.717) is 6.26 Å². The van der Waals surface area contributed by atoms with Gasteiger partial charge in [-0.1, -0.05) is 39.4 Å². The molecule has 10 heavy (non-hydrogen) atoms. The van der Waals surface area contributed by atoms with Crippen LogP contribution in [0.1, 0.15) is 0 Å². The average Bonchev–Trinajstić information content (AvgIpc) is 1.12. The molecule has 4 nitrogen and oxygen atoms in total. The molecule has 0 fully saturated rings. The van der Waals surface area contributed by atoms with Crippen molar-refractivity contribution in [3.05, 3.63) is 0 Å². The average molecular weight is 229 g/mol. The van der Waals surface area contributed by atoms with E-state index < -0.39 is 14.1 Å². The van der Waals surface area contributed by atoms with E-state index in [9.17, 15) is 5.11 Å². The predicted octanol–water partition coefficient (Wildman–Crippen LogP) is 1.12. The number of alkyl halides is 3. The molecule has 2 radical (unpaired) electrons. The highest BCUT2D eigenvalue weighted by atomic mass is 35.6. The maximum absolute atomic E-state index is 9.40. The fraction of sp³-hybridized carbons (Fsp3) is 1.00. The summed E-state index contributed by atoms with van der Waals surface area (Å²) in [4.78, 5) is 0. The molecule has 0 aromatic rings. The zero-order chi connectivity index (χ0) is 9.00. The highest BCUT2D eigenvalue weighted by Crippen LogP contribution is 2.21. The van der Waals surface area contributed by atoms with E-state index in [1.165, 1.54) is 0 Å². The van der Waals surface area contributed by atoms with Crippen LogP contribution in [-0.4, -0.2) is 18.7 Å². The SMILES string of the molecule is CS([O])(=O)=O.[O]C(Cl)(Cl)Cl. The molecule has 0 amide bonds. The molecule has 0 saturated carbocycles. The second-order valence-electron chi connectivity index (χ2n) is 1.15. The topological polar surface area (TPSA) is 73.9 Å². The largest absolute Gasteiger partial charge is 0.326 e. The Morgan fingerprint density at radius 1 is 1.20 bits per heavy atom. The zero-order valence-corrected chi connectivity index (χ0v) is 7.76. The lowest BCUT2D eigenvalue weighted by Crippen LogP contribution is -1.91. The third kappa shape index (κ3) is 956. The van der Waals surface area contributed by atoms with Crippen LogP contribution in [0.5, 0.6) is 0 Å². The highest BCUT2D eigenvalue weighted by Gasteiger charge is 2.13. The molecule has 0 aromatic heterocycles. The van der Waals surface area contributed by atoms with Crippen molar-refractivity contribution in [2.24, 2.45) is 0 Å². The minimum atomic E-state index is -3.92. The van der Waals surface area contributed by atoms with Gasteiger partial charge in [-0.3, -0.25) is 0 Å². The van der Waals surface area contributed by atoms with Crippen molar-refractivity contribution in [1.82, 2.24) is 0 Å². The van der Waals surface area contributed by atoms with Crippen molar-refractivity contribution in [3.63, 3.8) is 0 Å². The molecule has 0 rings (SSSR count). The summed E-state index contributed by atoms with van der Waals surface area (Å²) in [6, 6.07) is 0. The van der Waals surface area contributed by atoms with Gasteiger partial charge in [0.15, 0.2) is 0 Å². The second kappa shape index (κ2) is 4.58.